The van der Waals surface area contributed by atoms with Gasteiger partial charge in [-0.05, 0) is 35.5 Å². The Hall–Kier alpha value is -0.510. The van der Waals surface area contributed by atoms with Crippen LogP contribution in [0.25, 0.3) is 0 Å². The second-order valence-electron chi connectivity index (χ2n) is 6.62. The summed E-state index contributed by atoms with van der Waals surface area (Å²) >= 11 is 0. The molecule has 14 heavy (non-hydrogen) atoms. The van der Waals surface area contributed by atoms with Crippen molar-refractivity contribution >= 4 is 0 Å². The fourth-order valence-electron chi connectivity index (χ4n) is 2.55. The zero-order valence-corrected chi connectivity index (χ0v) is 10.3. The third-order valence-electron chi connectivity index (χ3n) is 4.11. The molecule has 0 heterocycles. The van der Waals surface area contributed by atoms with Crippen molar-refractivity contribution in [2.45, 2.75) is 60.3 Å². The SMILES string of the molecule is CC(C)(CC#N)CC(C)(C)C1(C)CC1. The van der Waals surface area contributed by atoms with Crippen LogP contribution in [0.4, 0.5) is 0 Å². The normalized spacial score (nSPS) is 20.3. The van der Waals surface area contributed by atoms with E-state index in [1.807, 2.05) is 0 Å². The second kappa shape index (κ2) is 3.26. The van der Waals surface area contributed by atoms with Crippen LogP contribution < -0.4 is 0 Å². The predicted molar refractivity (Wildman–Crippen MR) is 59.8 cm³/mol. The van der Waals surface area contributed by atoms with Gasteiger partial charge in [-0.2, -0.15) is 5.26 Å². The van der Waals surface area contributed by atoms with Gasteiger partial charge in [0.2, 0.25) is 0 Å². The zero-order chi connectivity index (χ0) is 11.0. The fraction of sp³-hybridized carbons (Fsp3) is 0.923. The maximum Gasteiger partial charge on any atom is 0.0627 e. The molecule has 0 saturated heterocycles. The van der Waals surface area contributed by atoms with E-state index in [1.165, 1.54) is 12.8 Å². The molecule has 1 nitrogen and oxygen atoms in total. The Labute approximate surface area is 88.5 Å². The topological polar surface area (TPSA) is 23.8 Å². The van der Waals surface area contributed by atoms with E-state index >= 15 is 0 Å². The Bertz CT molecular complexity index is 251. The molecule has 0 aromatic rings. The number of nitriles is 1. The minimum atomic E-state index is 0.170. The van der Waals surface area contributed by atoms with Crippen LogP contribution in [0, 0.1) is 27.6 Å². The van der Waals surface area contributed by atoms with E-state index < -0.39 is 0 Å². The first-order chi connectivity index (χ1) is 6.22. The van der Waals surface area contributed by atoms with Gasteiger partial charge in [-0.25, -0.2) is 0 Å². The predicted octanol–water partition coefficient (Wildman–Crippen LogP) is 4.14. The maximum absolute atomic E-state index is 8.77. The minimum Gasteiger partial charge on any atom is -0.198 e. The Morgan fingerprint density at radius 2 is 1.71 bits per heavy atom. The van der Waals surface area contributed by atoms with E-state index in [1.54, 1.807) is 0 Å². The molecule has 1 aliphatic carbocycles. The molecule has 1 rings (SSSR count). The molecule has 0 amide bonds. The van der Waals surface area contributed by atoms with E-state index in [-0.39, 0.29) is 5.41 Å². The summed E-state index contributed by atoms with van der Waals surface area (Å²) in [6, 6.07) is 2.30. The molecule has 80 valence electrons. The van der Waals surface area contributed by atoms with Gasteiger partial charge in [0.05, 0.1) is 6.07 Å². The first kappa shape index (κ1) is 11.6. The van der Waals surface area contributed by atoms with E-state index in [9.17, 15) is 0 Å². The van der Waals surface area contributed by atoms with Gasteiger partial charge in [-0.3, -0.25) is 0 Å². The molecule has 0 N–H and O–H groups in total. The summed E-state index contributed by atoms with van der Waals surface area (Å²) in [5, 5.41) is 8.77. The van der Waals surface area contributed by atoms with Gasteiger partial charge in [-0.15, -0.1) is 0 Å². The number of hydrogen-bond donors (Lipinski definition) is 0. The molecule has 1 fully saturated rings. The van der Waals surface area contributed by atoms with Gasteiger partial charge in [-0.1, -0.05) is 34.6 Å². The number of rotatable bonds is 4. The lowest BCUT2D eigenvalue weighted by Gasteiger charge is -2.38. The van der Waals surface area contributed by atoms with Gasteiger partial charge in [0.15, 0.2) is 0 Å². The fourth-order valence-corrected chi connectivity index (χ4v) is 2.55. The summed E-state index contributed by atoms with van der Waals surface area (Å²) in [6.45, 7) is 11.5. The lowest BCUT2D eigenvalue weighted by molar-refractivity contribution is 0.116. The summed E-state index contributed by atoms with van der Waals surface area (Å²) in [5.41, 5.74) is 1.09. The van der Waals surface area contributed by atoms with Crippen LogP contribution in [0.15, 0.2) is 0 Å². The highest BCUT2D eigenvalue weighted by Crippen LogP contribution is 2.61. The largest absolute Gasteiger partial charge is 0.198 e. The van der Waals surface area contributed by atoms with Gasteiger partial charge in [0.25, 0.3) is 0 Å². The highest BCUT2D eigenvalue weighted by molar-refractivity contribution is 5.02. The van der Waals surface area contributed by atoms with E-state index in [4.69, 9.17) is 5.26 Å². The third kappa shape index (κ3) is 2.29. The van der Waals surface area contributed by atoms with Crippen molar-refractivity contribution in [1.82, 2.24) is 0 Å². The van der Waals surface area contributed by atoms with E-state index in [0.717, 1.165) is 6.42 Å². The molecule has 1 aliphatic rings. The molecule has 0 bridgehead atoms. The van der Waals surface area contributed by atoms with Crippen molar-refractivity contribution in [2.24, 2.45) is 16.2 Å². The molecule has 0 aromatic heterocycles. The van der Waals surface area contributed by atoms with Crippen molar-refractivity contribution in [3.8, 4) is 6.07 Å². The first-order valence-electron chi connectivity index (χ1n) is 5.59. The second-order valence-corrected chi connectivity index (χ2v) is 6.62. The van der Waals surface area contributed by atoms with Crippen molar-refractivity contribution in [3.05, 3.63) is 0 Å². The average molecular weight is 193 g/mol. The Kier molecular flexibility index (Phi) is 2.69. The Morgan fingerprint density at radius 1 is 1.21 bits per heavy atom. The van der Waals surface area contributed by atoms with Crippen LogP contribution in [-0.2, 0) is 0 Å². The Balaban J connectivity index is 2.63. The Morgan fingerprint density at radius 3 is 2.07 bits per heavy atom. The molecule has 0 aromatic carbocycles. The summed E-state index contributed by atoms with van der Waals surface area (Å²) in [5.74, 6) is 0. The summed E-state index contributed by atoms with van der Waals surface area (Å²) in [6.07, 6.45) is 4.56. The smallest absolute Gasteiger partial charge is 0.0627 e. The molecule has 0 unspecified atom stereocenters. The van der Waals surface area contributed by atoms with Crippen molar-refractivity contribution in [1.29, 1.82) is 5.26 Å². The van der Waals surface area contributed by atoms with Crippen LogP contribution in [-0.4, -0.2) is 0 Å². The van der Waals surface area contributed by atoms with Gasteiger partial charge >= 0.3 is 0 Å². The van der Waals surface area contributed by atoms with Crippen molar-refractivity contribution in [3.63, 3.8) is 0 Å². The summed E-state index contributed by atoms with van der Waals surface area (Å²) in [7, 11) is 0. The molecule has 0 spiro atoms. The number of nitrogens with zero attached hydrogens (tertiary/aromatic N) is 1. The molecule has 1 heteroatoms. The van der Waals surface area contributed by atoms with E-state index in [2.05, 4.69) is 40.7 Å². The highest BCUT2D eigenvalue weighted by atomic mass is 14.6. The number of hydrogen-bond acceptors (Lipinski definition) is 1. The van der Waals surface area contributed by atoms with Gasteiger partial charge < -0.3 is 0 Å². The molecule has 0 aliphatic heterocycles. The van der Waals surface area contributed by atoms with Crippen LogP contribution in [0.3, 0.4) is 0 Å². The standard InChI is InChI=1S/C13H23N/c1-11(2,8-9-14)10-12(3,4)13(5)6-7-13/h6-8,10H2,1-5H3. The molecule has 0 radical (unpaired) electrons. The van der Waals surface area contributed by atoms with Gasteiger partial charge in [0.1, 0.15) is 0 Å². The first-order valence-corrected chi connectivity index (χ1v) is 5.59. The lowest BCUT2D eigenvalue weighted by atomic mass is 9.66. The highest BCUT2D eigenvalue weighted by Gasteiger charge is 2.51. The van der Waals surface area contributed by atoms with E-state index in [0.29, 0.717) is 17.3 Å². The summed E-state index contributed by atoms with van der Waals surface area (Å²) < 4.78 is 0. The lowest BCUT2D eigenvalue weighted by Crippen LogP contribution is -2.29. The average Bonchev–Trinajstić information content (AvgIpc) is 2.66. The third-order valence-corrected chi connectivity index (χ3v) is 4.11. The molecule has 1 saturated carbocycles. The van der Waals surface area contributed by atoms with Crippen LogP contribution >= 0.6 is 0 Å². The summed E-state index contributed by atoms with van der Waals surface area (Å²) in [4.78, 5) is 0. The van der Waals surface area contributed by atoms with Crippen LogP contribution in [0.5, 0.6) is 0 Å². The minimum absolute atomic E-state index is 0.170. The monoisotopic (exact) mass is 193 g/mol. The maximum atomic E-state index is 8.77. The zero-order valence-electron chi connectivity index (χ0n) is 10.3. The van der Waals surface area contributed by atoms with Gasteiger partial charge in [0, 0.05) is 6.42 Å². The van der Waals surface area contributed by atoms with Crippen molar-refractivity contribution < 1.29 is 0 Å². The molecular formula is C13H23N. The van der Waals surface area contributed by atoms with Crippen molar-refractivity contribution in [2.75, 3.05) is 0 Å². The molecule has 0 atom stereocenters. The van der Waals surface area contributed by atoms with Crippen LogP contribution in [0.2, 0.25) is 0 Å². The quantitative estimate of drug-likeness (QED) is 0.658. The van der Waals surface area contributed by atoms with Crippen LogP contribution in [0.1, 0.15) is 60.3 Å². The molecular weight excluding hydrogens is 170 g/mol.